The van der Waals surface area contributed by atoms with Crippen molar-refractivity contribution in [3.8, 4) is 5.75 Å². The summed E-state index contributed by atoms with van der Waals surface area (Å²) in [5.74, 6) is 0.923. The van der Waals surface area contributed by atoms with Gasteiger partial charge in [0.15, 0.2) is 0 Å². The molecule has 0 aromatic heterocycles. The maximum Gasteiger partial charge on any atom is 0.338 e. The molecule has 4 heteroatoms. The van der Waals surface area contributed by atoms with Crippen LogP contribution in [0.15, 0.2) is 24.3 Å². The van der Waals surface area contributed by atoms with Crippen LogP contribution in [-0.2, 0) is 4.74 Å². The third-order valence-corrected chi connectivity index (χ3v) is 3.17. The number of esters is 1. The minimum atomic E-state index is -0.261. The second-order valence-corrected chi connectivity index (χ2v) is 4.54. The van der Waals surface area contributed by atoms with Crippen LogP contribution in [0.1, 0.15) is 23.2 Å². The average Bonchev–Trinajstić information content (AvgIpc) is 2.46. The van der Waals surface area contributed by atoms with Gasteiger partial charge < -0.3 is 14.8 Å². The molecular formula is C14H19NO3. The molecular weight excluding hydrogens is 230 g/mol. The molecule has 0 amide bonds. The summed E-state index contributed by atoms with van der Waals surface area (Å²) in [4.78, 5) is 11.8. The second kappa shape index (κ2) is 6.40. The van der Waals surface area contributed by atoms with Crippen molar-refractivity contribution in [2.45, 2.75) is 12.8 Å². The maximum absolute atomic E-state index is 11.8. The molecule has 1 saturated heterocycles. The Morgan fingerprint density at radius 3 is 2.78 bits per heavy atom. The average molecular weight is 249 g/mol. The van der Waals surface area contributed by atoms with Gasteiger partial charge in [-0.2, -0.15) is 0 Å². The number of benzene rings is 1. The van der Waals surface area contributed by atoms with Gasteiger partial charge in [0.05, 0.1) is 19.3 Å². The molecule has 1 aliphatic rings. The molecule has 1 N–H and O–H groups in total. The van der Waals surface area contributed by atoms with E-state index in [1.807, 2.05) is 0 Å². The zero-order chi connectivity index (χ0) is 12.8. The van der Waals surface area contributed by atoms with Crippen LogP contribution < -0.4 is 10.1 Å². The lowest BCUT2D eigenvalue weighted by molar-refractivity contribution is 0.0421. The summed E-state index contributed by atoms with van der Waals surface area (Å²) in [5, 5.41) is 3.31. The zero-order valence-electron chi connectivity index (χ0n) is 10.6. The zero-order valence-corrected chi connectivity index (χ0v) is 10.6. The Hall–Kier alpha value is -1.55. The molecule has 1 fully saturated rings. The van der Waals surface area contributed by atoms with E-state index in [2.05, 4.69) is 5.32 Å². The Morgan fingerprint density at radius 1 is 1.39 bits per heavy atom. The van der Waals surface area contributed by atoms with Crippen LogP contribution >= 0.6 is 0 Å². The fourth-order valence-corrected chi connectivity index (χ4v) is 2.07. The van der Waals surface area contributed by atoms with E-state index in [0.29, 0.717) is 18.1 Å². The fraction of sp³-hybridized carbons (Fsp3) is 0.500. The molecule has 98 valence electrons. The summed E-state index contributed by atoms with van der Waals surface area (Å²) in [7, 11) is 1.60. The van der Waals surface area contributed by atoms with Gasteiger partial charge in [0.2, 0.25) is 0 Å². The monoisotopic (exact) mass is 249 g/mol. The molecule has 4 nitrogen and oxygen atoms in total. The summed E-state index contributed by atoms with van der Waals surface area (Å²) in [6.45, 7) is 2.51. The third-order valence-electron chi connectivity index (χ3n) is 3.17. The number of carbonyl (C=O) groups excluding carboxylic acids is 1. The highest BCUT2D eigenvalue weighted by molar-refractivity contribution is 5.89. The van der Waals surface area contributed by atoms with Gasteiger partial charge in [0, 0.05) is 12.5 Å². The van der Waals surface area contributed by atoms with Crippen molar-refractivity contribution in [3.05, 3.63) is 29.8 Å². The number of hydrogen-bond acceptors (Lipinski definition) is 4. The molecule has 0 bridgehead atoms. The first-order valence-corrected chi connectivity index (χ1v) is 6.31. The normalized spacial score (nSPS) is 19.3. The van der Waals surface area contributed by atoms with Crippen LogP contribution in [-0.4, -0.2) is 32.8 Å². The largest absolute Gasteiger partial charge is 0.497 e. The summed E-state index contributed by atoms with van der Waals surface area (Å²) < 4.78 is 10.4. The number of piperidine rings is 1. The van der Waals surface area contributed by atoms with Crippen molar-refractivity contribution in [2.24, 2.45) is 5.92 Å². The lowest BCUT2D eigenvalue weighted by Crippen LogP contribution is -2.32. The van der Waals surface area contributed by atoms with Crippen molar-refractivity contribution < 1.29 is 14.3 Å². The molecule has 1 atom stereocenters. The van der Waals surface area contributed by atoms with E-state index in [1.165, 1.54) is 0 Å². The standard InChI is InChI=1S/C14H19NO3/c1-17-13-6-4-12(5-7-13)14(16)18-10-11-3-2-8-15-9-11/h4-7,11,15H,2-3,8-10H2,1H3. The van der Waals surface area contributed by atoms with Crippen LogP contribution in [0.5, 0.6) is 5.75 Å². The number of ether oxygens (including phenoxy) is 2. The van der Waals surface area contributed by atoms with Gasteiger partial charge in [-0.15, -0.1) is 0 Å². The van der Waals surface area contributed by atoms with E-state index in [-0.39, 0.29) is 5.97 Å². The Balaban J connectivity index is 1.82. The van der Waals surface area contributed by atoms with Crippen molar-refractivity contribution in [2.75, 3.05) is 26.8 Å². The van der Waals surface area contributed by atoms with Crippen LogP contribution in [0, 0.1) is 5.92 Å². The van der Waals surface area contributed by atoms with Crippen molar-refractivity contribution in [1.29, 1.82) is 0 Å². The minimum Gasteiger partial charge on any atom is -0.497 e. The fourth-order valence-electron chi connectivity index (χ4n) is 2.07. The quantitative estimate of drug-likeness (QED) is 0.827. The first-order chi connectivity index (χ1) is 8.79. The van der Waals surface area contributed by atoms with Gasteiger partial charge in [-0.3, -0.25) is 0 Å². The summed E-state index contributed by atoms with van der Waals surface area (Å²) in [6.07, 6.45) is 2.29. The van der Waals surface area contributed by atoms with Crippen molar-refractivity contribution >= 4 is 5.97 Å². The van der Waals surface area contributed by atoms with E-state index in [9.17, 15) is 4.79 Å². The molecule has 0 aliphatic carbocycles. The van der Waals surface area contributed by atoms with Crippen molar-refractivity contribution in [1.82, 2.24) is 5.32 Å². The Kier molecular flexibility index (Phi) is 4.59. The highest BCUT2D eigenvalue weighted by Crippen LogP contribution is 2.14. The molecule has 18 heavy (non-hydrogen) atoms. The predicted octanol–water partition coefficient (Wildman–Crippen LogP) is 1.85. The van der Waals surface area contributed by atoms with E-state index < -0.39 is 0 Å². The van der Waals surface area contributed by atoms with Crippen molar-refractivity contribution in [3.63, 3.8) is 0 Å². The predicted molar refractivity (Wildman–Crippen MR) is 68.9 cm³/mol. The molecule has 1 unspecified atom stereocenters. The highest BCUT2D eigenvalue weighted by Gasteiger charge is 2.15. The van der Waals surface area contributed by atoms with Gasteiger partial charge in [-0.05, 0) is 43.7 Å². The lowest BCUT2D eigenvalue weighted by Gasteiger charge is -2.22. The lowest BCUT2D eigenvalue weighted by atomic mass is 10.0. The smallest absolute Gasteiger partial charge is 0.338 e. The number of hydrogen-bond donors (Lipinski definition) is 1. The summed E-state index contributed by atoms with van der Waals surface area (Å²) in [6, 6.07) is 6.97. The van der Waals surface area contributed by atoms with Gasteiger partial charge in [-0.25, -0.2) is 4.79 Å². The molecule has 1 aliphatic heterocycles. The van der Waals surface area contributed by atoms with Crippen LogP contribution in [0.2, 0.25) is 0 Å². The highest BCUT2D eigenvalue weighted by atomic mass is 16.5. The van der Waals surface area contributed by atoms with Gasteiger partial charge >= 0.3 is 5.97 Å². The summed E-state index contributed by atoms with van der Waals surface area (Å²) >= 11 is 0. The Morgan fingerprint density at radius 2 is 2.17 bits per heavy atom. The SMILES string of the molecule is COc1ccc(C(=O)OCC2CCCNC2)cc1. The molecule has 1 aromatic rings. The minimum absolute atomic E-state index is 0.261. The van der Waals surface area contributed by atoms with Crippen LogP contribution in [0.4, 0.5) is 0 Å². The third kappa shape index (κ3) is 3.47. The van der Waals surface area contributed by atoms with E-state index in [0.717, 1.165) is 31.7 Å². The van der Waals surface area contributed by atoms with Crippen LogP contribution in [0.25, 0.3) is 0 Å². The Bertz CT molecular complexity index is 383. The maximum atomic E-state index is 11.8. The number of methoxy groups -OCH3 is 1. The second-order valence-electron chi connectivity index (χ2n) is 4.54. The van der Waals surface area contributed by atoms with Crippen LogP contribution in [0.3, 0.4) is 0 Å². The molecule has 1 aromatic carbocycles. The van der Waals surface area contributed by atoms with Gasteiger partial charge in [0.1, 0.15) is 5.75 Å². The molecule has 1 heterocycles. The number of rotatable bonds is 4. The molecule has 0 saturated carbocycles. The Labute approximate surface area is 107 Å². The van der Waals surface area contributed by atoms with E-state index in [4.69, 9.17) is 9.47 Å². The van der Waals surface area contributed by atoms with E-state index >= 15 is 0 Å². The molecule has 0 spiro atoms. The first-order valence-electron chi connectivity index (χ1n) is 6.31. The number of carbonyl (C=O) groups is 1. The van der Waals surface area contributed by atoms with Gasteiger partial charge in [0.25, 0.3) is 0 Å². The molecule has 0 radical (unpaired) electrons. The topological polar surface area (TPSA) is 47.6 Å². The molecule has 2 rings (SSSR count). The number of nitrogens with one attached hydrogen (secondary N) is 1. The van der Waals surface area contributed by atoms with Gasteiger partial charge in [-0.1, -0.05) is 0 Å². The first kappa shape index (κ1) is 12.9. The van der Waals surface area contributed by atoms with E-state index in [1.54, 1.807) is 31.4 Å². The summed E-state index contributed by atoms with van der Waals surface area (Å²) in [5.41, 5.74) is 0.569.